The van der Waals surface area contributed by atoms with Crippen LogP contribution < -0.4 is 5.32 Å². The number of hydrogen-bond acceptors (Lipinski definition) is 6. The molecule has 0 unspecified atom stereocenters. The Morgan fingerprint density at radius 3 is 2.39 bits per heavy atom. The summed E-state index contributed by atoms with van der Waals surface area (Å²) in [5.41, 5.74) is 1.34. The van der Waals surface area contributed by atoms with Crippen molar-refractivity contribution in [1.29, 1.82) is 0 Å². The molecule has 0 radical (unpaired) electrons. The highest BCUT2D eigenvalue weighted by Gasteiger charge is 2.38. The minimum absolute atomic E-state index is 0.101. The van der Waals surface area contributed by atoms with Gasteiger partial charge < -0.3 is 15.3 Å². The number of benzene rings is 1. The van der Waals surface area contributed by atoms with Crippen LogP contribution in [0.4, 0.5) is 13.2 Å². The molecule has 1 aromatic carbocycles. The molecule has 2 aromatic rings. The van der Waals surface area contributed by atoms with Crippen LogP contribution in [0.25, 0.3) is 5.69 Å². The number of aliphatic carboxylic acids is 1. The highest BCUT2D eigenvalue weighted by Crippen LogP contribution is 2.30. The molecule has 1 amide bonds. The van der Waals surface area contributed by atoms with E-state index in [1.807, 2.05) is 19.0 Å². The van der Waals surface area contributed by atoms with Gasteiger partial charge >= 0.3 is 12.1 Å². The molecule has 0 spiro atoms. The van der Waals surface area contributed by atoms with Gasteiger partial charge in [-0.1, -0.05) is 19.1 Å². The summed E-state index contributed by atoms with van der Waals surface area (Å²) in [6, 6.07) is 6.78. The average Bonchev–Trinajstić information content (AvgIpc) is 3.11. The normalized spacial score (nSPS) is 15.0. The Bertz CT molecular complexity index is 1120. The number of alkyl halides is 3. The lowest BCUT2D eigenvalue weighted by atomic mass is 10.2. The largest absolute Gasteiger partial charge is 0.490 e. The number of carboxylic acid groups (broad SMARTS) is 1. The molecule has 3 rings (SSSR count). The highest BCUT2D eigenvalue weighted by molar-refractivity contribution is 7.89. The molecule has 1 aliphatic heterocycles. The van der Waals surface area contributed by atoms with Gasteiger partial charge in [-0.15, -0.1) is 0 Å². The monoisotopic (exact) mass is 491 g/mol. The Kier molecular flexibility index (Phi) is 8.21. The van der Waals surface area contributed by atoms with E-state index in [1.165, 1.54) is 10.6 Å². The van der Waals surface area contributed by atoms with Crippen molar-refractivity contribution < 1.29 is 36.3 Å². The van der Waals surface area contributed by atoms with Crippen LogP contribution in [0.15, 0.2) is 35.5 Å². The van der Waals surface area contributed by atoms with Crippen LogP contribution >= 0.6 is 0 Å². The smallest absolute Gasteiger partial charge is 0.475 e. The number of amides is 1. The lowest BCUT2D eigenvalue weighted by Crippen LogP contribution is -2.33. The SMILES string of the molecule is CCN1Cc2c(C(=O)NCCN(C)C)ncn2-c2ccccc2S1(=O)=O.O=C(O)C(F)(F)F. The van der Waals surface area contributed by atoms with Crippen LogP contribution in [-0.4, -0.2) is 84.1 Å². The number of fused-ring (bicyclic) bond motifs is 3. The number of nitrogens with one attached hydrogen (secondary N) is 1. The number of aromatic nitrogens is 2. The molecule has 0 aliphatic carbocycles. The fourth-order valence-electron chi connectivity index (χ4n) is 2.95. The molecule has 1 aliphatic rings. The Balaban J connectivity index is 0.000000479. The van der Waals surface area contributed by atoms with E-state index in [0.717, 1.165) is 0 Å². The zero-order valence-electron chi connectivity index (χ0n) is 18.1. The van der Waals surface area contributed by atoms with Crippen LogP contribution in [0.5, 0.6) is 0 Å². The van der Waals surface area contributed by atoms with E-state index in [9.17, 15) is 26.4 Å². The van der Waals surface area contributed by atoms with Crippen molar-refractivity contribution in [3.8, 4) is 5.69 Å². The number of imidazole rings is 1. The summed E-state index contributed by atoms with van der Waals surface area (Å²) in [7, 11) is 0.221. The number of carboxylic acids is 1. The van der Waals surface area contributed by atoms with Crippen LogP contribution in [0.2, 0.25) is 0 Å². The second-order valence-electron chi connectivity index (χ2n) is 7.17. The van der Waals surface area contributed by atoms with Crippen LogP contribution in [0.3, 0.4) is 0 Å². The third kappa shape index (κ3) is 6.09. The van der Waals surface area contributed by atoms with Crippen LogP contribution in [0.1, 0.15) is 23.1 Å². The van der Waals surface area contributed by atoms with E-state index in [4.69, 9.17) is 9.90 Å². The molecule has 1 aromatic heterocycles. The molecular formula is C19H24F3N5O5S. The number of carbonyl (C=O) groups is 2. The maximum Gasteiger partial charge on any atom is 0.490 e. The van der Waals surface area contributed by atoms with E-state index in [0.29, 0.717) is 31.0 Å². The number of carbonyl (C=O) groups excluding carboxylic acids is 1. The molecule has 182 valence electrons. The molecule has 0 bridgehead atoms. The fraction of sp³-hybridized carbons (Fsp3) is 0.421. The van der Waals surface area contributed by atoms with Gasteiger partial charge in [-0.2, -0.15) is 17.5 Å². The van der Waals surface area contributed by atoms with Crippen LogP contribution in [0, 0.1) is 0 Å². The summed E-state index contributed by atoms with van der Waals surface area (Å²) in [4.78, 5) is 27.9. The van der Waals surface area contributed by atoms with Crippen molar-refractivity contribution >= 4 is 21.9 Å². The van der Waals surface area contributed by atoms with Crippen molar-refractivity contribution in [2.75, 3.05) is 33.7 Å². The molecule has 0 fully saturated rings. The molecule has 0 saturated heterocycles. The topological polar surface area (TPSA) is 125 Å². The van der Waals surface area contributed by atoms with Crippen LogP contribution in [-0.2, 0) is 21.4 Å². The predicted molar refractivity (Wildman–Crippen MR) is 111 cm³/mol. The van der Waals surface area contributed by atoms with Gasteiger partial charge in [0, 0.05) is 19.6 Å². The number of sulfonamides is 1. The van der Waals surface area contributed by atoms with E-state index in [2.05, 4.69) is 10.3 Å². The minimum Gasteiger partial charge on any atom is -0.475 e. The van der Waals surface area contributed by atoms with Crippen molar-refractivity contribution in [2.45, 2.75) is 24.5 Å². The first kappa shape index (κ1) is 26.3. The number of halogens is 3. The summed E-state index contributed by atoms with van der Waals surface area (Å²) < 4.78 is 60.7. The van der Waals surface area contributed by atoms with Gasteiger partial charge in [-0.3, -0.25) is 9.36 Å². The van der Waals surface area contributed by atoms with E-state index in [-0.39, 0.29) is 23.0 Å². The Morgan fingerprint density at radius 2 is 1.85 bits per heavy atom. The fourth-order valence-corrected chi connectivity index (χ4v) is 4.54. The zero-order valence-corrected chi connectivity index (χ0v) is 18.9. The second-order valence-corrected chi connectivity index (χ2v) is 9.08. The summed E-state index contributed by atoms with van der Waals surface area (Å²) in [5, 5.41) is 9.97. The molecule has 10 nitrogen and oxygen atoms in total. The number of hydrogen-bond donors (Lipinski definition) is 2. The van der Waals surface area contributed by atoms with Crippen molar-refractivity contribution in [1.82, 2.24) is 24.1 Å². The third-order valence-corrected chi connectivity index (χ3v) is 6.56. The molecule has 33 heavy (non-hydrogen) atoms. The molecule has 2 N–H and O–H groups in total. The van der Waals surface area contributed by atoms with E-state index >= 15 is 0 Å². The minimum atomic E-state index is -5.08. The third-order valence-electron chi connectivity index (χ3n) is 4.59. The second kappa shape index (κ2) is 10.3. The standard InChI is InChI=1S/C17H23N5O3S.C2HF3O2/c1-4-21-11-14-16(17(23)18-9-10-20(2)3)19-12-22(14)13-7-5-6-8-15(13)26(21,24)25;3-2(4,5)1(6)7/h5-8,12H,4,9-11H2,1-3H3,(H,18,23);(H,6,7). The van der Waals surface area contributed by atoms with Gasteiger partial charge in [0.2, 0.25) is 10.0 Å². The van der Waals surface area contributed by atoms with Gasteiger partial charge in [0.15, 0.2) is 5.69 Å². The predicted octanol–water partition coefficient (Wildman–Crippen LogP) is 1.32. The van der Waals surface area contributed by atoms with E-state index in [1.54, 1.807) is 35.8 Å². The zero-order chi connectivity index (χ0) is 25.0. The maximum absolute atomic E-state index is 12.9. The quantitative estimate of drug-likeness (QED) is 0.646. The Labute approximate surface area is 188 Å². The molecular weight excluding hydrogens is 467 g/mol. The lowest BCUT2D eigenvalue weighted by Gasteiger charge is -2.18. The van der Waals surface area contributed by atoms with Gasteiger partial charge in [-0.05, 0) is 26.2 Å². The number of nitrogens with zero attached hydrogens (tertiary/aromatic N) is 4. The maximum atomic E-state index is 12.9. The van der Waals surface area contributed by atoms with Gasteiger partial charge in [0.05, 0.1) is 17.9 Å². The summed E-state index contributed by atoms with van der Waals surface area (Å²) >= 11 is 0. The van der Waals surface area contributed by atoms with Gasteiger partial charge in [0.1, 0.15) is 11.2 Å². The van der Waals surface area contributed by atoms with Gasteiger partial charge in [0.25, 0.3) is 5.91 Å². The number of para-hydroxylation sites is 1. The number of likely N-dealkylation sites (N-methyl/N-ethyl adjacent to an activating group) is 1. The van der Waals surface area contributed by atoms with Crippen molar-refractivity contribution in [2.24, 2.45) is 0 Å². The molecule has 0 atom stereocenters. The summed E-state index contributed by atoms with van der Waals surface area (Å²) in [5.74, 6) is -3.05. The summed E-state index contributed by atoms with van der Waals surface area (Å²) in [6.07, 6.45) is -3.57. The number of rotatable bonds is 5. The van der Waals surface area contributed by atoms with Gasteiger partial charge in [-0.25, -0.2) is 18.2 Å². The first-order chi connectivity index (χ1) is 15.3. The molecule has 14 heteroatoms. The lowest BCUT2D eigenvalue weighted by molar-refractivity contribution is -0.192. The Morgan fingerprint density at radius 1 is 1.24 bits per heavy atom. The molecule has 0 saturated carbocycles. The molecule has 2 heterocycles. The van der Waals surface area contributed by atoms with Crippen molar-refractivity contribution in [3.63, 3.8) is 0 Å². The highest BCUT2D eigenvalue weighted by atomic mass is 32.2. The van der Waals surface area contributed by atoms with Crippen molar-refractivity contribution in [3.05, 3.63) is 42.0 Å². The summed E-state index contributed by atoms with van der Waals surface area (Å²) in [6.45, 7) is 3.39. The van der Waals surface area contributed by atoms with E-state index < -0.39 is 22.2 Å². The Hall–Kier alpha value is -2.97. The first-order valence-electron chi connectivity index (χ1n) is 9.69. The average molecular weight is 491 g/mol. The first-order valence-corrected chi connectivity index (χ1v) is 11.1.